The standard InChI is InChI=1S/C23H29FN2O/c1-3-18-9-6-10-19(4-2)23(18)25-22(27)16-26-13-7-12-21(26)15-17-8-5-11-20(24)14-17/h5-6,8-11,14,21H,3-4,7,12-13,15-16H2,1-2H3,(H,25,27). The maximum absolute atomic E-state index is 13.5. The summed E-state index contributed by atoms with van der Waals surface area (Å²) in [5, 5.41) is 3.16. The van der Waals surface area contributed by atoms with Crippen molar-refractivity contribution in [1.82, 2.24) is 4.90 Å². The van der Waals surface area contributed by atoms with E-state index in [0.717, 1.165) is 49.9 Å². The molecule has 0 spiro atoms. The van der Waals surface area contributed by atoms with Gasteiger partial charge < -0.3 is 5.32 Å². The Labute approximate surface area is 161 Å². The van der Waals surface area contributed by atoms with E-state index in [1.165, 1.54) is 17.2 Å². The fraction of sp³-hybridized carbons (Fsp3) is 0.435. The molecule has 0 radical (unpaired) electrons. The number of rotatable bonds is 7. The number of nitrogens with one attached hydrogen (secondary N) is 1. The van der Waals surface area contributed by atoms with E-state index in [4.69, 9.17) is 0 Å². The molecule has 1 unspecified atom stereocenters. The maximum Gasteiger partial charge on any atom is 0.238 e. The zero-order chi connectivity index (χ0) is 19.2. The zero-order valence-corrected chi connectivity index (χ0v) is 16.3. The average Bonchev–Trinajstić information content (AvgIpc) is 3.08. The Hall–Kier alpha value is -2.20. The fourth-order valence-electron chi connectivity index (χ4n) is 4.04. The molecule has 1 amide bonds. The molecule has 1 fully saturated rings. The van der Waals surface area contributed by atoms with E-state index in [-0.39, 0.29) is 11.7 Å². The van der Waals surface area contributed by atoms with Crippen LogP contribution in [-0.2, 0) is 24.1 Å². The van der Waals surface area contributed by atoms with Gasteiger partial charge in [0.1, 0.15) is 5.82 Å². The number of anilines is 1. The summed E-state index contributed by atoms with van der Waals surface area (Å²) in [6.45, 7) is 5.53. The highest BCUT2D eigenvalue weighted by atomic mass is 19.1. The number of para-hydroxylation sites is 1. The molecule has 3 rings (SSSR count). The topological polar surface area (TPSA) is 32.3 Å². The van der Waals surface area contributed by atoms with Gasteiger partial charge in [0.2, 0.25) is 5.91 Å². The first kappa shape index (κ1) is 19.6. The van der Waals surface area contributed by atoms with Gasteiger partial charge in [-0.3, -0.25) is 9.69 Å². The predicted molar refractivity (Wildman–Crippen MR) is 109 cm³/mol. The molecule has 2 aromatic rings. The number of likely N-dealkylation sites (tertiary alicyclic amines) is 1. The lowest BCUT2D eigenvalue weighted by molar-refractivity contribution is -0.117. The highest BCUT2D eigenvalue weighted by Gasteiger charge is 2.26. The van der Waals surface area contributed by atoms with Crippen molar-refractivity contribution in [3.05, 3.63) is 65.0 Å². The summed E-state index contributed by atoms with van der Waals surface area (Å²) < 4.78 is 13.5. The number of carbonyl (C=O) groups is 1. The van der Waals surface area contributed by atoms with Crippen LogP contribution in [0, 0.1) is 5.82 Å². The van der Waals surface area contributed by atoms with E-state index in [9.17, 15) is 9.18 Å². The smallest absolute Gasteiger partial charge is 0.238 e. The quantitative estimate of drug-likeness (QED) is 0.775. The van der Waals surface area contributed by atoms with Crippen molar-refractivity contribution in [2.45, 2.75) is 52.0 Å². The van der Waals surface area contributed by atoms with E-state index < -0.39 is 0 Å². The van der Waals surface area contributed by atoms with Crippen LogP contribution in [0.25, 0.3) is 0 Å². The Morgan fingerprint density at radius 3 is 2.52 bits per heavy atom. The van der Waals surface area contributed by atoms with Crippen molar-refractivity contribution in [3.8, 4) is 0 Å². The van der Waals surface area contributed by atoms with Gasteiger partial charge in [0.05, 0.1) is 6.54 Å². The van der Waals surface area contributed by atoms with Crippen molar-refractivity contribution in [1.29, 1.82) is 0 Å². The first-order valence-corrected chi connectivity index (χ1v) is 9.99. The molecule has 27 heavy (non-hydrogen) atoms. The second-order valence-electron chi connectivity index (χ2n) is 7.31. The molecule has 4 heteroatoms. The minimum atomic E-state index is -0.196. The van der Waals surface area contributed by atoms with E-state index in [1.54, 1.807) is 12.1 Å². The van der Waals surface area contributed by atoms with Gasteiger partial charge in [0.15, 0.2) is 0 Å². The van der Waals surface area contributed by atoms with Gasteiger partial charge in [0.25, 0.3) is 0 Å². The summed E-state index contributed by atoms with van der Waals surface area (Å²) in [7, 11) is 0. The summed E-state index contributed by atoms with van der Waals surface area (Å²) in [6.07, 6.45) is 4.72. The van der Waals surface area contributed by atoms with Crippen LogP contribution < -0.4 is 5.32 Å². The van der Waals surface area contributed by atoms with Crippen LogP contribution in [-0.4, -0.2) is 29.9 Å². The number of hydrogen-bond acceptors (Lipinski definition) is 2. The molecule has 1 heterocycles. The first-order valence-electron chi connectivity index (χ1n) is 9.99. The molecule has 2 aromatic carbocycles. The Bertz CT molecular complexity index is 767. The molecular weight excluding hydrogens is 339 g/mol. The van der Waals surface area contributed by atoms with Crippen LogP contribution in [0.5, 0.6) is 0 Å². The summed E-state index contributed by atoms with van der Waals surface area (Å²) in [5.41, 5.74) is 4.34. The molecule has 1 atom stereocenters. The van der Waals surface area contributed by atoms with Crippen LogP contribution >= 0.6 is 0 Å². The van der Waals surface area contributed by atoms with Crippen molar-refractivity contribution in [2.24, 2.45) is 0 Å². The third kappa shape index (κ3) is 4.95. The Kier molecular flexibility index (Phi) is 6.62. The van der Waals surface area contributed by atoms with E-state index >= 15 is 0 Å². The zero-order valence-electron chi connectivity index (χ0n) is 16.3. The number of hydrogen-bond donors (Lipinski definition) is 1. The maximum atomic E-state index is 13.5. The minimum absolute atomic E-state index is 0.0387. The lowest BCUT2D eigenvalue weighted by Crippen LogP contribution is -2.38. The number of nitrogens with zero attached hydrogens (tertiary/aromatic N) is 1. The van der Waals surface area contributed by atoms with Gasteiger partial charge >= 0.3 is 0 Å². The largest absolute Gasteiger partial charge is 0.324 e. The molecule has 0 bridgehead atoms. The van der Waals surface area contributed by atoms with Gasteiger partial charge in [-0.2, -0.15) is 0 Å². The predicted octanol–water partition coefficient (Wildman–Crippen LogP) is 4.60. The molecule has 1 aliphatic rings. The van der Waals surface area contributed by atoms with Gasteiger partial charge in [-0.15, -0.1) is 0 Å². The third-order valence-electron chi connectivity index (χ3n) is 5.47. The number of halogens is 1. The minimum Gasteiger partial charge on any atom is -0.324 e. The van der Waals surface area contributed by atoms with Crippen molar-refractivity contribution in [2.75, 3.05) is 18.4 Å². The summed E-state index contributed by atoms with van der Waals surface area (Å²) >= 11 is 0. The highest BCUT2D eigenvalue weighted by Crippen LogP contribution is 2.24. The number of benzene rings is 2. The number of amides is 1. The number of aryl methyl sites for hydroxylation is 2. The SMILES string of the molecule is CCc1cccc(CC)c1NC(=O)CN1CCCC1Cc1cccc(F)c1. The monoisotopic (exact) mass is 368 g/mol. The van der Waals surface area contributed by atoms with Crippen LogP contribution in [0.2, 0.25) is 0 Å². The molecule has 144 valence electrons. The lowest BCUT2D eigenvalue weighted by atomic mass is 10.0. The van der Waals surface area contributed by atoms with Crippen LogP contribution in [0.4, 0.5) is 10.1 Å². The van der Waals surface area contributed by atoms with E-state index in [2.05, 4.69) is 42.3 Å². The van der Waals surface area contributed by atoms with Gasteiger partial charge in [-0.1, -0.05) is 44.2 Å². The Balaban J connectivity index is 1.65. The molecule has 1 saturated heterocycles. The third-order valence-corrected chi connectivity index (χ3v) is 5.47. The van der Waals surface area contributed by atoms with Crippen molar-refractivity contribution < 1.29 is 9.18 Å². The summed E-state index contributed by atoms with van der Waals surface area (Å²) in [4.78, 5) is 15.0. The van der Waals surface area contributed by atoms with E-state index in [0.29, 0.717) is 12.6 Å². The Morgan fingerprint density at radius 2 is 1.85 bits per heavy atom. The van der Waals surface area contributed by atoms with Gasteiger partial charge in [-0.25, -0.2) is 4.39 Å². The van der Waals surface area contributed by atoms with Crippen molar-refractivity contribution in [3.63, 3.8) is 0 Å². The number of carbonyl (C=O) groups excluding carboxylic acids is 1. The highest BCUT2D eigenvalue weighted by molar-refractivity contribution is 5.93. The molecule has 0 aliphatic carbocycles. The molecule has 0 aromatic heterocycles. The Morgan fingerprint density at radius 1 is 1.15 bits per heavy atom. The molecule has 0 saturated carbocycles. The second-order valence-corrected chi connectivity index (χ2v) is 7.31. The molecule has 1 aliphatic heterocycles. The first-order chi connectivity index (χ1) is 13.1. The summed E-state index contributed by atoms with van der Waals surface area (Å²) in [5.74, 6) is -0.158. The molecule has 1 N–H and O–H groups in total. The normalized spacial score (nSPS) is 17.2. The molecular formula is C23H29FN2O. The second kappa shape index (κ2) is 9.14. The summed E-state index contributed by atoms with van der Waals surface area (Å²) in [6, 6.07) is 13.3. The van der Waals surface area contributed by atoms with Crippen LogP contribution in [0.15, 0.2) is 42.5 Å². The van der Waals surface area contributed by atoms with Crippen LogP contribution in [0.3, 0.4) is 0 Å². The lowest BCUT2D eigenvalue weighted by Gasteiger charge is -2.24. The fourth-order valence-corrected chi connectivity index (χ4v) is 4.04. The van der Waals surface area contributed by atoms with Crippen LogP contribution in [0.1, 0.15) is 43.4 Å². The van der Waals surface area contributed by atoms with Gasteiger partial charge in [0, 0.05) is 11.7 Å². The van der Waals surface area contributed by atoms with Crippen molar-refractivity contribution >= 4 is 11.6 Å². The van der Waals surface area contributed by atoms with Gasteiger partial charge in [-0.05, 0) is 67.5 Å². The average molecular weight is 368 g/mol. The molecule has 3 nitrogen and oxygen atoms in total. The van der Waals surface area contributed by atoms with E-state index in [1.807, 2.05) is 6.07 Å².